The maximum atomic E-state index is 6.11. The molecule has 1 aliphatic carbocycles. The molecule has 1 aromatic rings. The van der Waals surface area contributed by atoms with Crippen molar-refractivity contribution in [3.8, 4) is 0 Å². The summed E-state index contributed by atoms with van der Waals surface area (Å²) >= 11 is 0. The number of ether oxygens (including phenoxy) is 1. The average Bonchev–Trinajstić information content (AvgIpc) is 2.88. The SMILES string of the molecule is NCc1cn(C2CCOC3(CCCCC3)C2)nn1. The summed E-state index contributed by atoms with van der Waals surface area (Å²) < 4.78 is 8.11. The van der Waals surface area contributed by atoms with Gasteiger partial charge in [-0.15, -0.1) is 5.10 Å². The minimum absolute atomic E-state index is 0.121. The molecule has 1 unspecified atom stereocenters. The van der Waals surface area contributed by atoms with E-state index in [0.717, 1.165) is 25.1 Å². The van der Waals surface area contributed by atoms with Crippen LogP contribution in [0.4, 0.5) is 0 Å². The minimum atomic E-state index is 0.121. The van der Waals surface area contributed by atoms with Crippen molar-refractivity contribution >= 4 is 0 Å². The fraction of sp³-hybridized carbons (Fsp3) is 0.846. The van der Waals surface area contributed by atoms with Crippen LogP contribution in [0.15, 0.2) is 6.20 Å². The lowest BCUT2D eigenvalue weighted by molar-refractivity contribution is -0.115. The van der Waals surface area contributed by atoms with Crippen molar-refractivity contribution in [2.45, 2.75) is 63.1 Å². The van der Waals surface area contributed by atoms with Gasteiger partial charge in [-0.1, -0.05) is 24.5 Å². The Labute approximate surface area is 108 Å². The van der Waals surface area contributed by atoms with E-state index in [9.17, 15) is 0 Å². The van der Waals surface area contributed by atoms with Crippen LogP contribution in [0.5, 0.6) is 0 Å². The molecule has 1 saturated carbocycles. The topological polar surface area (TPSA) is 66.0 Å². The van der Waals surface area contributed by atoms with Crippen molar-refractivity contribution in [3.63, 3.8) is 0 Å². The number of rotatable bonds is 2. The Morgan fingerprint density at radius 2 is 2.22 bits per heavy atom. The summed E-state index contributed by atoms with van der Waals surface area (Å²) in [6.45, 7) is 1.32. The maximum absolute atomic E-state index is 6.11. The third kappa shape index (κ3) is 2.29. The van der Waals surface area contributed by atoms with Gasteiger partial charge < -0.3 is 10.5 Å². The van der Waals surface area contributed by atoms with Gasteiger partial charge in [0.1, 0.15) is 0 Å². The van der Waals surface area contributed by atoms with Crippen LogP contribution in [-0.2, 0) is 11.3 Å². The Morgan fingerprint density at radius 1 is 1.39 bits per heavy atom. The molecule has 1 aliphatic heterocycles. The zero-order chi connectivity index (χ0) is 12.4. The molecule has 0 aromatic carbocycles. The first-order chi connectivity index (χ1) is 8.81. The third-order valence-corrected chi connectivity index (χ3v) is 4.37. The number of hydrogen-bond donors (Lipinski definition) is 1. The van der Waals surface area contributed by atoms with Crippen LogP contribution in [0.2, 0.25) is 0 Å². The molecular formula is C13H22N4O. The van der Waals surface area contributed by atoms with Crippen molar-refractivity contribution in [1.29, 1.82) is 0 Å². The van der Waals surface area contributed by atoms with Crippen molar-refractivity contribution in [3.05, 3.63) is 11.9 Å². The average molecular weight is 250 g/mol. The van der Waals surface area contributed by atoms with Crippen molar-refractivity contribution in [2.24, 2.45) is 5.73 Å². The summed E-state index contributed by atoms with van der Waals surface area (Å²) in [5.74, 6) is 0. The first-order valence-corrected chi connectivity index (χ1v) is 7.06. The highest BCUT2D eigenvalue weighted by Crippen LogP contribution is 2.41. The third-order valence-electron chi connectivity index (χ3n) is 4.37. The molecule has 5 nitrogen and oxygen atoms in total. The molecule has 5 heteroatoms. The standard InChI is InChI=1S/C13H22N4O/c14-9-11-10-17(16-15-11)12-4-7-18-13(8-12)5-2-1-3-6-13/h10,12H,1-9,14H2. The van der Waals surface area contributed by atoms with Crippen molar-refractivity contribution in [2.75, 3.05) is 6.61 Å². The molecular weight excluding hydrogens is 228 g/mol. The van der Waals surface area contributed by atoms with Gasteiger partial charge in [0.2, 0.25) is 0 Å². The van der Waals surface area contributed by atoms with Crippen molar-refractivity contribution < 1.29 is 4.74 Å². The zero-order valence-electron chi connectivity index (χ0n) is 10.8. The monoisotopic (exact) mass is 250 g/mol. The normalized spacial score (nSPS) is 27.5. The number of aromatic nitrogens is 3. The second kappa shape index (κ2) is 4.97. The lowest BCUT2D eigenvalue weighted by atomic mass is 9.78. The van der Waals surface area contributed by atoms with Crippen LogP contribution in [0.25, 0.3) is 0 Å². The van der Waals surface area contributed by atoms with Crippen LogP contribution in [0.3, 0.4) is 0 Å². The largest absolute Gasteiger partial charge is 0.375 e. The summed E-state index contributed by atoms with van der Waals surface area (Å²) in [6.07, 6.45) is 10.5. The van der Waals surface area contributed by atoms with Crippen molar-refractivity contribution in [1.82, 2.24) is 15.0 Å². The smallest absolute Gasteiger partial charge is 0.0962 e. The van der Waals surface area contributed by atoms with E-state index in [4.69, 9.17) is 10.5 Å². The fourth-order valence-corrected chi connectivity index (χ4v) is 3.36. The van der Waals surface area contributed by atoms with Gasteiger partial charge in [0, 0.05) is 13.2 Å². The molecule has 1 aromatic heterocycles. The summed E-state index contributed by atoms with van der Waals surface area (Å²) in [5, 5.41) is 8.31. The fourth-order valence-electron chi connectivity index (χ4n) is 3.36. The van der Waals surface area contributed by atoms with E-state index in [1.807, 2.05) is 10.9 Å². The van der Waals surface area contributed by atoms with E-state index in [-0.39, 0.29) is 5.60 Å². The number of hydrogen-bond acceptors (Lipinski definition) is 4. The van der Waals surface area contributed by atoms with E-state index in [2.05, 4.69) is 10.3 Å². The van der Waals surface area contributed by atoms with E-state index in [1.165, 1.54) is 32.1 Å². The quantitative estimate of drug-likeness (QED) is 0.869. The van der Waals surface area contributed by atoms with Crippen LogP contribution >= 0.6 is 0 Å². The Bertz CT molecular complexity index is 392. The predicted octanol–water partition coefficient (Wildman–Crippen LogP) is 1.79. The molecule has 0 bridgehead atoms. The van der Waals surface area contributed by atoms with Gasteiger partial charge in [-0.05, 0) is 25.7 Å². The van der Waals surface area contributed by atoms with E-state index in [0.29, 0.717) is 12.6 Å². The molecule has 0 amide bonds. The van der Waals surface area contributed by atoms with Gasteiger partial charge in [0.05, 0.1) is 23.5 Å². The summed E-state index contributed by atoms with van der Waals surface area (Å²) in [6, 6.07) is 0.435. The molecule has 0 radical (unpaired) electrons. The van der Waals surface area contributed by atoms with Crippen LogP contribution < -0.4 is 5.73 Å². The highest BCUT2D eigenvalue weighted by molar-refractivity contribution is 4.96. The Kier molecular flexibility index (Phi) is 3.35. The van der Waals surface area contributed by atoms with Crippen LogP contribution in [-0.4, -0.2) is 27.2 Å². The van der Waals surface area contributed by atoms with Gasteiger partial charge in [-0.25, -0.2) is 4.68 Å². The maximum Gasteiger partial charge on any atom is 0.0962 e. The summed E-state index contributed by atoms with van der Waals surface area (Å²) in [7, 11) is 0. The molecule has 2 aliphatic rings. The lowest BCUT2D eigenvalue weighted by Crippen LogP contribution is -2.42. The molecule has 3 rings (SSSR count). The molecule has 1 atom stereocenters. The van der Waals surface area contributed by atoms with Gasteiger partial charge >= 0.3 is 0 Å². The Hall–Kier alpha value is -0.940. The second-order valence-electron chi connectivity index (χ2n) is 5.63. The minimum Gasteiger partial charge on any atom is -0.375 e. The Balaban J connectivity index is 1.73. The van der Waals surface area contributed by atoms with E-state index >= 15 is 0 Å². The molecule has 1 spiro atoms. The molecule has 1 saturated heterocycles. The van der Waals surface area contributed by atoms with E-state index < -0.39 is 0 Å². The van der Waals surface area contributed by atoms with Gasteiger partial charge in [-0.2, -0.15) is 0 Å². The van der Waals surface area contributed by atoms with Gasteiger partial charge in [0.25, 0.3) is 0 Å². The van der Waals surface area contributed by atoms with Crippen LogP contribution in [0, 0.1) is 0 Å². The number of nitrogens with two attached hydrogens (primary N) is 1. The lowest BCUT2D eigenvalue weighted by Gasteiger charge is -2.43. The first kappa shape index (κ1) is 12.1. The first-order valence-electron chi connectivity index (χ1n) is 7.06. The zero-order valence-corrected chi connectivity index (χ0v) is 10.8. The van der Waals surface area contributed by atoms with E-state index in [1.54, 1.807) is 0 Å². The summed E-state index contributed by atoms with van der Waals surface area (Å²) in [4.78, 5) is 0. The van der Waals surface area contributed by atoms with Gasteiger partial charge in [0.15, 0.2) is 0 Å². The number of nitrogens with zero attached hydrogens (tertiary/aromatic N) is 3. The molecule has 2 N–H and O–H groups in total. The molecule has 2 fully saturated rings. The second-order valence-corrected chi connectivity index (χ2v) is 5.63. The highest BCUT2D eigenvalue weighted by atomic mass is 16.5. The summed E-state index contributed by atoms with van der Waals surface area (Å²) in [5.41, 5.74) is 6.58. The molecule has 100 valence electrons. The predicted molar refractivity (Wildman–Crippen MR) is 68.0 cm³/mol. The molecule has 2 heterocycles. The van der Waals surface area contributed by atoms with Gasteiger partial charge in [-0.3, -0.25) is 0 Å². The highest BCUT2D eigenvalue weighted by Gasteiger charge is 2.39. The molecule has 18 heavy (non-hydrogen) atoms. The van der Waals surface area contributed by atoms with Crippen LogP contribution in [0.1, 0.15) is 56.7 Å². The Morgan fingerprint density at radius 3 is 2.94 bits per heavy atom.